The number of alkyl halides is 3. The number of nitrogens with one attached hydrogen (secondary N) is 2. The number of H-pyrrole nitrogens is 1. The topological polar surface area (TPSA) is 40.7 Å². The Balaban J connectivity index is 1.96. The summed E-state index contributed by atoms with van der Waals surface area (Å²) in [5.41, 5.74) is 1.11. The van der Waals surface area contributed by atoms with Crippen LogP contribution in [0.15, 0.2) is 48.8 Å². The summed E-state index contributed by atoms with van der Waals surface area (Å²) in [5, 5.41) is 3.79. The third-order valence-corrected chi connectivity index (χ3v) is 2.87. The van der Waals surface area contributed by atoms with E-state index in [4.69, 9.17) is 0 Å². The summed E-state index contributed by atoms with van der Waals surface area (Å²) in [6.45, 7) is 0. The summed E-state index contributed by atoms with van der Waals surface area (Å²) in [6, 6.07) is 9.29. The van der Waals surface area contributed by atoms with Gasteiger partial charge in [0.15, 0.2) is 0 Å². The van der Waals surface area contributed by atoms with Crippen molar-refractivity contribution in [3.8, 4) is 0 Å². The van der Waals surface area contributed by atoms with Crippen molar-refractivity contribution >= 4 is 22.3 Å². The maximum Gasteiger partial charge on any atom is 0.433 e. The third kappa shape index (κ3) is 2.45. The second kappa shape index (κ2) is 4.56. The minimum absolute atomic E-state index is 0.319. The van der Waals surface area contributed by atoms with Gasteiger partial charge in [0, 0.05) is 23.5 Å². The first kappa shape index (κ1) is 12.5. The van der Waals surface area contributed by atoms with Crippen LogP contribution in [-0.4, -0.2) is 9.97 Å². The van der Waals surface area contributed by atoms with Gasteiger partial charge in [-0.1, -0.05) is 6.07 Å². The van der Waals surface area contributed by atoms with Crippen molar-refractivity contribution in [1.82, 2.24) is 9.97 Å². The summed E-state index contributed by atoms with van der Waals surface area (Å²) in [7, 11) is 0. The lowest BCUT2D eigenvalue weighted by molar-refractivity contribution is -0.140. The molecule has 0 bridgehead atoms. The van der Waals surface area contributed by atoms with Gasteiger partial charge in [-0.2, -0.15) is 13.2 Å². The van der Waals surface area contributed by atoms with E-state index in [1.54, 1.807) is 30.6 Å². The zero-order chi connectivity index (χ0) is 14.2. The van der Waals surface area contributed by atoms with Crippen LogP contribution in [0, 0.1) is 0 Å². The van der Waals surface area contributed by atoms with Gasteiger partial charge in [-0.25, -0.2) is 4.98 Å². The summed E-state index contributed by atoms with van der Waals surface area (Å²) < 4.78 is 37.7. The molecule has 0 radical (unpaired) electrons. The molecule has 20 heavy (non-hydrogen) atoms. The van der Waals surface area contributed by atoms with E-state index in [0.717, 1.165) is 17.4 Å². The van der Waals surface area contributed by atoms with Crippen LogP contribution in [0.25, 0.3) is 10.9 Å². The number of halogens is 3. The molecule has 0 saturated carbocycles. The summed E-state index contributed by atoms with van der Waals surface area (Å²) in [5.74, 6) is 0. The van der Waals surface area contributed by atoms with E-state index in [-0.39, 0.29) is 0 Å². The summed E-state index contributed by atoms with van der Waals surface area (Å²) in [4.78, 5) is 6.54. The van der Waals surface area contributed by atoms with Crippen molar-refractivity contribution in [2.45, 2.75) is 6.18 Å². The Morgan fingerprint density at radius 1 is 1.00 bits per heavy atom. The number of anilines is 2. The van der Waals surface area contributed by atoms with Crippen molar-refractivity contribution in [3.63, 3.8) is 0 Å². The van der Waals surface area contributed by atoms with Gasteiger partial charge in [0.1, 0.15) is 5.69 Å². The monoisotopic (exact) mass is 277 g/mol. The minimum Gasteiger partial charge on any atom is -0.366 e. The van der Waals surface area contributed by atoms with Gasteiger partial charge in [0.05, 0.1) is 11.2 Å². The lowest BCUT2D eigenvalue weighted by Gasteiger charge is -2.08. The zero-order valence-corrected chi connectivity index (χ0v) is 10.2. The number of aromatic amines is 1. The van der Waals surface area contributed by atoms with Gasteiger partial charge >= 0.3 is 6.18 Å². The van der Waals surface area contributed by atoms with E-state index in [2.05, 4.69) is 15.3 Å². The molecule has 0 amide bonds. The summed E-state index contributed by atoms with van der Waals surface area (Å²) in [6.07, 6.45) is -0.855. The van der Waals surface area contributed by atoms with E-state index < -0.39 is 11.9 Å². The van der Waals surface area contributed by atoms with Gasteiger partial charge in [0.25, 0.3) is 0 Å². The molecule has 0 aliphatic rings. The van der Waals surface area contributed by atoms with E-state index in [9.17, 15) is 13.2 Å². The average molecular weight is 277 g/mol. The second-order valence-corrected chi connectivity index (χ2v) is 4.33. The van der Waals surface area contributed by atoms with Crippen LogP contribution in [-0.2, 0) is 6.18 Å². The lowest BCUT2D eigenvalue weighted by Crippen LogP contribution is -2.07. The van der Waals surface area contributed by atoms with Crippen LogP contribution in [0.3, 0.4) is 0 Å². The first-order valence-electron chi connectivity index (χ1n) is 5.90. The largest absolute Gasteiger partial charge is 0.433 e. The average Bonchev–Trinajstić information content (AvgIpc) is 2.90. The highest BCUT2D eigenvalue weighted by atomic mass is 19.4. The maximum absolute atomic E-state index is 12.6. The summed E-state index contributed by atoms with van der Waals surface area (Å²) >= 11 is 0. The Kier molecular flexibility index (Phi) is 2.85. The zero-order valence-electron chi connectivity index (χ0n) is 10.2. The highest BCUT2D eigenvalue weighted by molar-refractivity contribution is 5.83. The minimum atomic E-state index is -4.42. The molecule has 0 saturated heterocycles. The number of fused-ring (bicyclic) bond motifs is 1. The molecule has 0 aliphatic carbocycles. The Morgan fingerprint density at radius 2 is 1.85 bits per heavy atom. The fourth-order valence-corrected chi connectivity index (χ4v) is 1.93. The van der Waals surface area contributed by atoms with Gasteiger partial charge < -0.3 is 10.3 Å². The molecule has 0 fully saturated rings. The highest BCUT2D eigenvalue weighted by Gasteiger charge is 2.32. The number of nitrogens with zero attached hydrogens (tertiary/aromatic N) is 1. The van der Waals surface area contributed by atoms with Crippen molar-refractivity contribution in [1.29, 1.82) is 0 Å². The highest BCUT2D eigenvalue weighted by Crippen LogP contribution is 2.29. The number of hydrogen-bond acceptors (Lipinski definition) is 2. The molecule has 3 rings (SSSR count). The van der Waals surface area contributed by atoms with Crippen molar-refractivity contribution in [3.05, 3.63) is 54.5 Å². The Labute approximate surface area is 112 Å². The fraction of sp³-hybridized carbons (Fsp3) is 0.0714. The quantitative estimate of drug-likeness (QED) is 0.732. The number of hydrogen-bond donors (Lipinski definition) is 2. The third-order valence-electron chi connectivity index (χ3n) is 2.87. The predicted molar refractivity (Wildman–Crippen MR) is 70.8 cm³/mol. The van der Waals surface area contributed by atoms with Gasteiger partial charge in [-0.15, -0.1) is 0 Å². The SMILES string of the molecule is FC(F)(F)c1ccc2cc(Nc3cc[nH]c3)ccc2n1. The normalized spacial score (nSPS) is 11.8. The van der Waals surface area contributed by atoms with E-state index >= 15 is 0 Å². The standard InChI is InChI=1S/C14H10F3N3/c15-14(16,17)13-4-1-9-7-10(2-3-12(9)20-13)19-11-5-6-18-8-11/h1-8,18-19H. The van der Waals surface area contributed by atoms with Crippen molar-refractivity contribution in [2.24, 2.45) is 0 Å². The van der Waals surface area contributed by atoms with Crippen LogP contribution >= 0.6 is 0 Å². The molecule has 0 spiro atoms. The molecule has 0 atom stereocenters. The number of pyridine rings is 1. The van der Waals surface area contributed by atoms with Crippen LogP contribution in [0.2, 0.25) is 0 Å². The van der Waals surface area contributed by atoms with Crippen LogP contribution in [0.5, 0.6) is 0 Å². The first-order chi connectivity index (χ1) is 9.52. The first-order valence-corrected chi connectivity index (χ1v) is 5.90. The molecule has 1 aromatic carbocycles. The molecule has 2 aromatic heterocycles. The van der Waals surface area contributed by atoms with Crippen molar-refractivity contribution in [2.75, 3.05) is 5.32 Å². The van der Waals surface area contributed by atoms with Crippen LogP contribution < -0.4 is 5.32 Å². The van der Waals surface area contributed by atoms with Crippen molar-refractivity contribution < 1.29 is 13.2 Å². The second-order valence-electron chi connectivity index (χ2n) is 4.33. The molecule has 2 heterocycles. The smallest absolute Gasteiger partial charge is 0.366 e. The lowest BCUT2D eigenvalue weighted by atomic mass is 10.1. The maximum atomic E-state index is 12.6. The molecule has 3 nitrogen and oxygen atoms in total. The molecule has 6 heteroatoms. The molecule has 0 aliphatic heterocycles. The van der Waals surface area contributed by atoms with Gasteiger partial charge in [-0.3, -0.25) is 0 Å². The molecule has 102 valence electrons. The molecule has 2 N–H and O–H groups in total. The van der Waals surface area contributed by atoms with Gasteiger partial charge in [-0.05, 0) is 30.3 Å². The van der Waals surface area contributed by atoms with Crippen LogP contribution in [0.1, 0.15) is 5.69 Å². The molecular formula is C14H10F3N3. The Bertz CT molecular complexity index is 733. The molecular weight excluding hydrogens is 267 g/mol. The Hall–Kier alpha value is -2.50. The number of aromatic nitrogens is 2. The van der Waals surface area contributed by atoms with E-state index in [1.807, 2.05) is 6.07 Å². The predicted octanol–water partition coefficient (Wildman–Crippen LogP) is 4.33. The number of benzene rings is 1. The molecule has 3 aromatic rings. The Morgan fingerprint density at radius 3 is 2.55 bits per heavy atom. The van der Waals surface area contributed by atoms with E-state index in [0.29, 0.717) is 10.9 Å². The van der Waals surface area contributed by atoms with Gasteiger partial charge in [0.2, 0.25) is 0 Å². The fourth-order valence-electron chi connectivity index (χ4n) is 1.93. The van der Waals surface area contributed by atoms with E-state index in [1.165, 1.54) is 6.07 Å². The molecule has 0 unspecified atom stereocenters. The number of rotatable bonds is 2. The van der Waals surface area contributed by atoms with Crippen LogP contribution in [0.4, 0.5) is 24.5 Å².